The van der Waals surface area contributed by atoms with Gasteiger partial charge in [-0.1, -0.05) is 55.8 Å². The molecular formula is C23H24F2N2O3. The van der Waals surface area contributed by atoms with Gasteiger partial charge in [0, 0.05) is 19.3 Å². The molecule has 1 N–H and O–H groups in total. The highest BCUT2D eigenvalue weighted by Gasteiger charge is 2.31. The van der Waals surface area contributed by atoms with E-state index in [0.29, 0.717) is 29.5 Å². The Hall–Kier alpha value is -3.09. The van der Waals surface area contributed by atoms with Crippen LogP contribution < -0.4 is 5.32 Å². The second-order valence-corrected chi connectivity index (χ2v) is 7.28. The molecule has 2 aromatic carbocycles. The summed E-state index contributed by atoms with van der Waals surface area (Å²) in [5.41, 5.74) is 1.53. The van der Waals surface area contributed by atoms with Crippen molar-refractivity contribution in [3.63, 3.8) is 0 Å². The van der Waals surface area contributed by atoms with Crippen molar-refractivity contribution in [3.8, 4) is 0 Å². The molecule has 3 aromatic rings. The first-order valence-corrected chi connectivity index (χ1v) is 9.99. The number of aromatic nitrogens is 1. The van der Waals surface area contributed by atoms with Gasteiger partial charge in [0.15, 0.2) is 5.58 Å². The summed E-state index contributed by atoms with van der Waals surface area (Å²) in [5.74, 6) is -4.16. The standard InChI is InChI=1S/C23H24F2N2O3/c1-2-8-18(21(29)22-27-17-11-6-7-12-19(17)30-22)26-20(28)13-14-23(24,25)15-16-9-4-3-5-10-16/h3-7,9-12,18H,2,8,13-15H2,1H3,(H,26,28). The molecule has 0 bridgehead atoms. The van der Waals surface area contributed by atoms with E-state index in [1.165, 1.54) is 0 Å². The molecule has 1 unspecified atom stereocenters. The Kier molecular flexibility index (Phi) is 6.92. The molecule has 0 aliphatic rings. The number of fused-ring (bicyclic) bond motifs is 1. The van der Waals surface area contributed by atoms with Crippen LogP contribution in [0.15, 0.2) is 59.0 Å². The number of Topliss-reactive ketones (excluding diaryl/α,β-unsaturated/α-hetero) is 1. The molecule has 0 radical (unpaired) electrons. The van der Waals surface area contributed by atoms with Gasteiger partial charge in [-0.3, -0.25) is 9.59 Å². The maximum Gasteiger partial charge on any atom is 0.266 e. The van der Waals surface area contributed by atoms with Crippen molar-refractivity contribution in [3.05, 3.63) is 66.1 Å². The number of nitrogens with zero attached hydrogens (tertiary/aromatic N) is 1. The van der Waals surface area contributed by atoms with Gasteiger partial charge < -0.3 is 9.73 Å². The molecule has 7 heteroatoms. The topological polar surface area (TPSA) is 72.2 Å². The van der Waals surface area contributed by atoms with Gasteiger partial charge in [0.05, 0.1) is 6.04 Å². The normalized spacial score (nSPS) is 12.6. The number of carbonyl (C=O) groups excluding carboxylic acids is 2. The van der Waals surface area contributed by atoms with E-state index in [9.17, 15) is 18.4 Å². The smallest absolute Gasteiger partial charge is 0.266 e. The number of rotatable bonds is 10. The summed E-state index contributed by atoms with van der Waals surface area (Å²) >= 11 is 0. The highest BCUT2D eigenvalue weighted by molar-refractivity contribution is 6.00. The van der Waals surface area contributed by atoms with Gasteiger partial charge in [0.1, 0.15) is 5.52 Å². The number of alkyl halides is 2. The van der Waals surface area contributed by atoms with Gasteiger partial charge in [-0.2, -0.15) is 0 Å². The maximum atomic E-state index is 14.2. The van der Waals surface area contributed by atoms with Crippen molar-refractivity contribution in [1.29, 1.82) is 0 Å². The highest BCUT2D eigenvalue weighted by atomic mass is 19.3. The lowest BCUT2D eigenvalue weighted by molar-refractivity contribution is -0.123. The Morgan fingerprint density at radius 1 is 1.10 bits per heavy atom. The van der Waals surface area contributed by atoms with Gasteiger partial charge in [-0.25, -0.2) is 13.8 Å². The zero-order chi connectivity index (χ0) is 21.6. The summed E-state index contributed by atoms with van der Waals surface area (Å²) in [6.07, 6.45) is -0.406. The molecule has 0 saturated heterocycles. The summed E-state index contributed by atoms with van der Waals surface area (Å²) in [6.45, 7) is 1.87. The fraction of sp³-hybridized carbons (Fsp3) is 0.348. The third-order valence-electron chi connectivity index (χ3n) is 4.76. The van der Waals surface area contributed by atoms with Gasteiger partial charge in [-0.05, 0) is 24.1 Å². The number of hydrogen-bond donors (Lipinski definition) is 1. The first kappa shape index (κ1) is 21.6. The van der Waals surface area contributed by atoms with Crippen LogP contribution >= 0.6 is 0 Å². The van der Waals surface area contributed by atoms with Crippen LogP contribution in [0.5, 0.6) is 0 Å². The number of oxazole rings is 1. The number of carbonyl (C=O) groups is 2. The first-order valence-electron chi connectivity index (χ1n) is 9.99. The van der Waals surface area contributed by atoms with Gasteiger partial charge in [0.2, 0.25) is 11.7 Å². The van der Waals surface area contributed by atoms with E-state index in [2.05, 4.69) is 10.3 Å². The molecular weight excluding hydrogens is 390 g/mol. The molecule has 0 saturated carbocycles. The lowest BCUT2D eigenvalue weighted by atomic mass is 10.0. The zero-order valence-corrected chi connectivity index (χ0v) is 16.7. The van der Waals surface area contributed by atoms with E-state index < -0.39 is 36.5 Å². The van der Waals surface area contributed by atoms with Gasteiger partial charge >= 0.3 is 0 Å². The summed E-state index contributed by atoms with van der Waals surface area (Å²) in [5, 5.41) is 2.58. The van der Waals surface area contributed by atoms with E-state index in [1.54, 1.807) is 54.6 Å². The molecule has 0 fully saturated rings. The minimum Gasteiger partial charge on any atom is -0.434 e. The number of ketones is 1. The predicted molar refractivity (Wildman–Crippen MR) is 110 cm³/mol. The number of amides is 1. The van der Waals surface area contributed by atoms with Crippen molar-refractivity contribution in [2.45, 2.75) is 51.0 Å². The van der Waals surface area contributed by atoms with Crippen molar-refractivity contribution >= 4 is 22.8 Å². The summed E-state index contributed by atoms with van der Waals surface area (Å²) in [4.78, 5) is 29.2. The molecule has 158 valence electrons. The van der Waals surface area contributed by atoms with Crippen LogP contribution in [0.2, 0.25) is 0 Å². The van der Waals surface area contributed by atoms with Crippen molar-refractivity contribution in [2.75, 3.05) is 0 Å². The molecule has 1 amide bonds. The average molecular weight is 414 g/mol. The maximum absolute atomic E-state index is 14.2. The lowest BCUT2D eigenvalue weighted by Crippen LogP contribution is -2.41. The van der Waals surface area contributed by atoms with Crippen LogP contribution in [0.1, 0.15) is 48.9 Å². The fourth-order valence-corrected chi connectivity index (χ4v) is 3.23. The zero-order valence-electron chi connectivity index (χ0n) is 16.7. The second-order valence-electron chi connectivity index (χ2n) is 7.28. The Morgan fingerprint density at radius 3 is 2.50 bits per heavy atom. The van der Waals surface area contributed by atoms with Crippen molar-refractivity contribution < 1.29 is 22.8 Å². The SMILES string of the molecule is CCCC(NC(=O)CCC(F)(F)Cc1ccccc1)C(=O)c1nc2ccccc2o1. The molecule has 1 heterocycles. The van der Waals surface area contributed by atoms with Crippen LogP contribution in [0.25, 0.3) is 11.1 Å². The van der Waals surface area contributed by atoms with E-state index in [4.69, 9.17) is 4.42 Å². The molecule has 0 aliphatic heterocycles. The summed E-state index contributed by atoms with van der Waals surface area (Å²) in [6, 6.07) is 14.5. The Balaban J connectivity index is 1.59. The van der Waals surface area contributed by atoms with Crippen LogP contribution in [0, 0.1) is 0 Å². The van der Waals surface area contributed by atoms with Gasteiger partial charge in [0.25, 0.3) is 11.8 Å². The molecule has 0 spiro atoms. The molecule has 5 nitrogen and oxygen atoms in total. The number of para-hydroxylation sites is 2. The average Bonchev–Trinajstić information content (AvgIpc) is 3.16. The van der Waals surface area contributed by atoms with Crippen molar-refractivity contribution in [1.82, 2.24) is 10.3 Å². The molecule has 30 heavy (non-hydrogen) atoms. The summed E-state index contributed by atoms with van der Waals surface area (Å²) in [7, 11) is 0. The Bertz CT molecular complexity index is 969. The second kappa shape index (κ2) is 9.61. The summed E-state index contributed by atoms with van der Waals surface area (Å²) < 4.78 is 33.9. The van der Waals surface area contributed by atoms with Crippen LogP contribution in [-0.4, -0.2) is 28.6 Å². The van der Waals surface area contributed by atoms with E-state index in [1.807, 2.05) is 6.92 Å². The number of hydrogen-bond acceptors (Lipinski definition) is 4. The monoisotopic (exact) mass is 414 g/mol. The van der Waals surface area contributed by atoms with Crippen LogP contribution in [0.4, 0.5) is 8.78 Å². The third-order valence-corrected chi connectivity index (χ3v) is 4.76. The van der Waals surface area contributed by atoms with Crippen LogP contribution in [-0.2, 0) is 11.2 Å². The largest absolute Gasteiger partial charge is 0.434 e. The fourth-order valence-electron chi connectivity index (χ4n) is 3.23. The minimum atomic E-state index is -3.01. The Labute approximate surface area is 173 Å². The number of benzene rings is 2. The lowest BCUT2D eigenvalue weighted by Gasteiger charge is -2.18. The van der Waals surface area contributed by atoms with Crippen molar-refractivity contribution in [2.24, 2.45) is 0 Å². The van der Waals surface area contributed by atoms with Gasteiger partial charge in [-0.15, -0.1) is 0 Å². The molecule has 0 aliphatic carbocycles. The first-order chi connectivity index (χ1) is 14.4. The Morgan fingerprint density at radius 2 is 1.80 bits per heavy atom. The number of halogens is 2. The number of nitrogens with one attached hydrogen (secondary N) is 1. The quantitative estimate of drug-likeness (QED) is 0.476. The highest BCUT2D eigenvalue weighted by Crippen LogP contribution is 2.25. The molecule has 1 aromatic heterocycles. The van der Waals surface area contributed by atoms with E-state index in [-0.39, 0.29) is 12.3 Å². The minimum absolute atomic E-state index is 0.0932. The van der Waals surface area contributed by atoms with E-state index >= 15 is 0 Å². The third kappa shape index (κ3) is 5.72. The van der Waals surface area contributed by atoms with Crippen LogP contribution in [0.3, 0.4) is 0 Å². The molecule has 3 rings (SSSR count). The molecule has 1 atom stereocenters. The predicted octanol–water partition coefficient (Wildman–Crippen LogP) is 4.95. The van der Waals surface area contributed by atoms with E-state index in [0.717, 1.165) is 0 Å².